The summed E-state index contributed by atoms with van der Waals surface area (Å²) in [6.07, 6.45) is 1.12. The number of urea groups is 1. The lowest BCUT2D eigenvalue weighted by molar-refractivity contribution is 0.205. The molecular weight excluding hydrogens is 388 g/mol. The number of anilines is 1. The van der Waals surface area contributed by atoms with E-state index in [0.717, 1.165) is 11.3 Å². The van der Waals surface area contributed by atoms with E-state index in [0.29, 0.717) is 41.5 Å². The Labute approximate surface area is 173 Å². The summed E-state index contributed by atoms with van der Waals surface area (Å²) in [5, 5.41) is 3.37. The van der Waals surface area contributed by atoms with Gasteiger partial charge in [-0.3, -0.25) is 4.79 Å². The zero-order chi connectivity index (χ0) is 20.4. The van der Waals surface area contributed by atoms with Gasteiger partial charge in [-0.2, -0.15) is 0 Å². The summed E-state index contributed by atoms with van der Waals surface area (Å²) in [5.41, 5.74) is 4.02. The minimum Gasteiger partial charge on any atom is -0.320 e. The summed E-state index contributed by atoms with van der Waals surface area (Å²) in [7, 11) is 0. The Bertz CT molecular complexity index is 1130. The van der Waals surface area contributed by atoms with E-state index in [2.05, 4.69) is 21.4 Å². The van der Waals surface area contributed by atoms with Crippen LogP contribution in [0.4, 0.5) is 10.5 Å². The first-order valence-corrected chi connectivity index (χ1v) is 9.84. The van der Waals surface area contributed by atoms with Crippen LogP contribution < -0.4 is 10.9 Å². The molecule has 0 radical (unpaired) electrons. The van der Waals surface area contributed by atoms with E-state index in [1.165, 1.54) is 5.56 Å². The number of rotatable bonds is 3. The normalized spacial score (nSPS) is 13.1. The highest BCUT2D eigenvalue weighted by atomic mass is 35.5. The van der Waals surface area contributed by atoms with E-state index in [9.17, 15) is 9.59 Å². The molecule has 0 saturated heterocycles. The van der Waals surface area contributed by atoms with E-state index in [-0.39, 0.29) is 18.1 Å². The van der Waals surface area contributed by atoms with E-state index in [1.54, 1.807) is 29.2 Å². The SMILES string of the molecule is Cc1cccc(Cc2nc3c(c(=O)[nH]2)CN(C(=O)Nc2cccc(Cl)c2)CC3)c1. The Morgan fingerprint density at radius 1 is 1.24 bits per heavy atom. The van der Waals surface area contributed by atoms with Gasteiger partial charge in [-0.25, -0.2) is 9.78 Å². The van der Waals surface area contributed by atoms with E-state index in [4.69, 9.17) is 11.6 Å². The lowest BCUT2D eigenvalue weighted by atomic mass is 10.1. The van der Waals surface area contributed by atoms with Crippen molar-refractivity contribution in [3.8, 4) is 0 Å². The number of hydrogen-bond acceptors (Lipinski definition) is 3. The standard InChI is InChI=1S/C22H21ClN4O2/c1-14-4-2-5-15(10-14)11-20-25-19-8-9-27(13-18(19)21(28)26-20)22(29)24-17-7-3-6-16(23)12-17/h2-7,10,12H,8-9,11,13H2,1H3,(H,24,29)(H,25,26,28). The van der Waals surface area contributed by atoms with Crippen molar-refractivity contribution in [2.24, 2.45) is 0 Å². The fourth-order valence-corrected chi connectivity index (χ4v) is 3.71. The predicted octanol–water partition coefficient (Wildman–Crippen LogP) is 3.91. The smallest absolute Gasteiger partial charge is 0.320 e. The predicted molar refractivity (Wildman–Crippen MR) is 113 cm³/mol. The van der Waals surface area contributed by atoms with Crippen LogP contribution >= 0.6 is 11.6 Å². The van der Waals surface area contributed by atoms with Crippen LogP contribution in [0.25, 0.3) is 0 Å². The maximum atomic E-state index is 12.6. The summed E-state index contributed by atoms with van der Waals surface area (Å²) in [6, 6.07) is 14.8. The topological polar surface area (TPSA) is 78.1 Å². The number of nitrogens with zero attached hydrogens (tertiary/aromatic N) is 2. The number of benzene rings is 2. The van der Waals surface area contributed by atoms with Gasteiger partial charge in [-0.05, 0) is 30.7 Å². The van der Waals surface area contributed by atoms with Gasteiger partial charge in [0.1, 0.15) is 5.82 Å². The second-order valence-corrected chi connectivity index (χ2v) is 7.65. The molecule has 0 bridgehead atoms. The maximum absolute atomic E-state index is 12.6. The van der Waals surface area contributed by atoms with Gasteiger partial charge in [0.15, 0.2) is 0 Å². The molecule has 0 unspecified atom stereocenters. The Kier molecular flexibility index (Phi) is 5.36. The molecule has 29 heavy (non-hydrogen) atoms. The van der Waals surface area contributed by atoms with Gasteiger partial charge >= 0.3 is 6.03 Å². The quantitative estimate of drug-likeness (QED) is 0.689. The van der Waals surface area contributed by atoms with Crippen molar-refractivity contribution in [2.45, 2.75) is 26.3 Å². The Hall–Kier alpha value is -3.12. The summed E-state index contributed by atoms with van der Waals surface area (Å²) < 4.78 is 0. The second-order valence-electron chi connectivity index (χ2n) is 7.22. The van der Waals surface area contributed by atoms with Crippen LogP contribution in [0.2, 0.25) is 5.02 Å². The molecule has 148 valence electrons. The number of carbonyl (C=O) groups is 1. The van der Waals surface area contributed by atoms with Gasteiger partial charge in [-0.1, -0.05) is 47.5 Å². The zero-order valence-electron chi connectivity index (χ0n) is 16.0. The molecule has 2 heterocycles. The van der Waals surface area contributed by atoms with Crippen molar-refractivity contribution in [1.29, 1.82) is 0 Å². The van der Waals surface area contributed by atoms with Crippen molar-refractivity contribution in [3.63, 3.8) is 0 Å². The first-order valence-electron chi connectivity index (χ1n) is 9.46. The largest absolute Gasteiger partial charge is 0.322 e. The summed E-state index contributed by atoms with van der Waals surface area (Å²) in [5.74, 6) is 0.649. The highest BCUT2D eigenvalue weighted by Crippen LogP contribution is 2.19. The average Bonchev–Trinajstić information content (AvgIpc) is 2.68. The summed E-state index contributed by atoms with van der Waals surface area (Å²) in [6.45, 7) is 2.77. The summed E-state index contributed by atoms with van der Waals surface area (Å²) >= 11 is 5.96. The lowest BCUT2D eigenvalue weighted by Crippen LogP contribution is -2.42. The third-order valence-corrected chi connectivity index (χ3v) is 5.17. The molecule has 6 nitrogen and oxygen atoms in total. The number of aromatic nitrogens is 2. The number of nitrogens with one attached hydrogen (secondary N) is 2. The van der Waals surface area contributed by atoms with Crippen LogP contribution in [0.3, 0.4) is 0 Å². The van der Waals surface area contributed by atoms with Gasteiger partial charge in [0.2, 0.25) is 0 Å². The van der Waals surface area contributed by atoms with E-state index < -0.39 is 0 Å². The monoisotopic (exact) mass is 408 g/mol. The van der Waals surface area contributed by atoms with Crippen molar-refractivity contribution in [1.82, 2.24) is 14.9 Å². The van der Waals surface area contributed by atoms with Crippen molar-refractivity contribution in [3.05, 3.63) is 92.1 Å². The Morgan fingerprint density at radius 3 is 2.86 bits per heavy atom. The number of aryl methyl sites for hydroxylation is 1. The van der Waals surface area contributed by atoms with Crippen LogP contribution in [-0.4, -0.2) is 27.4 Å². The fourth-order valence-electron chi connectivity index (χ4n) is 3.52. The minimum atomic E-state index is -0.263. The number of aromatic amines is 1. The molecule has 1 aliphatic heterocycles. The van der Waals surface area contributed by atoms with Gasteiger partial charge < -0.3 is 15.2 Å². The molecule has 3 aromatic rings. The number of halogens is 1. The lowest BCUT2D eigenvalue weighted by Gasteiger charge is -2.28. The Morgan fingerprint density at radius 2 is 2.07 bits per heavy atom. The molecule has 2 amide bonds. The molecule has 2 N–H and O–H groups in total. The van der Waals surface area contributed by atoms with Gasteiger partial charge in [-0.15, -0.1) is 0 Å². The number of hydrogen-bond donors (Lipinski definition) is 2. The maximum Gasteiger partial charge on any atom is 0.322 e. The molecule has 1 aliphatic rings. The molecule has 0 atom stereocenters. The molecule has 1 aromatic heterocycles. The fraction of sp³-hybridized carbons (Fsp3) is 0.227. The highest BCUT2D eigenvalue weighted by molar-refractivity contribution is 6.30. The van der Waals surface area contributed by atoms with Crippen LogP contribution in [0, 0.1) is 6.92 Å². The van der Waals surface area contributed by atoms with Gasteiger partial charge in [0, 0.05) is 30.1 Å². The zero-order valence-corrected chi connectivity index (χ0v) is 16.8. The molecule has 7 heteroatoms. The van der Waals surface area contributed by atoms with Crippen LogP contribution in [0.1, 0.15) is 28.2 Å². The van der Waals surface area contributed by atoms with Crippen LogP contribution in [0.15, 0.2) is 53.3 Å². The number of amides is 2. The molecular formula is C22H21ClN4O2. The van der Waals surface area contributed by atoms with Crippen LogP contribution in [0.5, 0.6) is 0 Å². The van der Waals surface area contributed by atoms with E-state index >= 15 is 0 Å². The first kappa shape index (κ1) is 19.2. The average molecular weight is 409 g/mol. The third kappa shape index (κ3) is 4.49. The van der Waals surface area contributed by atoms with Gasteiger partial charge in [0.05, 0.1) is 17.8 Å². The summed E-state index contributed by atoms with van der Waals surface area (Å²) in [4.78, 5) is 34.4. The molecule has 4 rings (SSSR count). The highest BCUT2D eigenvalue weighted by Gasteiger charge is 2.24. The number of H-pyrrole nitrogens is 1. The molecule has 0 fully saturated rings. The van der Waals surface area contributed by atoms with Crippen LogP contribution in [-0.2, 0) is 19.4 Å². The number of carbonyl (C=O) groups excluding carboxylic acids is 1. The van der Waals surface area contributed by atoms with E-state index in [1.807, 2.05) is 25.1 Å². The first-order chi connectivity index (χ1) is 14.0. The van der Waals surface area contributed by atoms with Crippen molar-refractivity contribution >= 4 is 23.3 Å². The second kappa shape index (κ2) is 8.09. The third-order valence-electron chi connectivity index (χ3n) is 4.93. The molecule has 2 aromatic carbocycles. The number of fused-ring (bicyclic) bond motifs is 1. The van der Waals surface area contributed by atoms with Crippen molar-refractivity contribution < 1.29 is 4.79 Å². The Balaban J connectivity index is 1.49. The minimum absolute atomic E-state index is 0.182. The molecule has 0 aliphatic carbocycles. The van der Waals surface area contributed by atoms with Gasteiger partial charge in [0.25, 0.3) is 5.56 Å². The van der Waals surface area contributed by atoms with Crippen molar-refractivity contribution in [2.75, 3.05) is 11.9 Å². The molecule has 0 spiro atoms. The molecule has 0 saturated carbocycles.